The predicted octanol–water partition coefficient (Wildman–Crippen LogP) is 0.840. The number of rotatable bonds is 3. The zero-order chi connectivity index (χ0) is 11.8. The van der Waals surface area contributed by atoms with Gasteiger partial charge in [-0.2, -0.15) is 5.10 Å². The molecule has 1 aliphatic heterocycles. The summed E-state index contributed by atoms with van der Waals surface area (Å²) in [7, 11) is 0. The Bertz CT molecular complexity index is 388. The number of aryl methyl sites for hydroxylation is 2. The van der Waals surface area contributed by atoms with Gasteiger partial charge in [-0.1, -0.05) is 13.3 Å². The average Bonchev–Trinajstić information content (AvgIpc) is 2.19. The number of hydrogen-bond acceptors (Lipinski definition) is 5. The molecule has 0 amide bonds. The molecule has 0 spiro atoms. The van der Waals surface area contributed by atoms with Crippen LogP contribution >= 0.6 is 0 Å². The number of nitrogens with zero attached hydrogens (tertiary/aromatic N) is 4. The standard InChI is InChI=1S/C11H18N4O/c1-4-5-11(16)6-15(7-11)10-12-8(2)9(3)13-14-10/h16H,4-7H2,1-3H3. The smallest absolute Gasteiger partial charge is 0.245 e. The van der Waals surface area contributed by atoms with Crippen molar-refractivity contribution in [1.29, 1.82) is 0 Å². The van der Waals surface area contributed by atoms with Crippen LogP contribution in [0.2, 0.25) is 0 Å². The van der Waals surface area contributed by atoms with Crippen LogP contribution in [0.5, 0.6) is 0 Å². The topological polar surface area (TPSA) is 62.1 Å². The number of aromatic nitrogens is 3. The first kappa shape index (κ1) is 11.3. The zero-order valence-electron chi connectivity index (χ0n) is 10.1. The molecule has 1 N–H and O–H groups in total. The Morgan fingerprint density at radius 3 is 2.50 bits per heavy atom. The summed E-state index contributed by atoms with van der Waals surface area (Å²) >= 11 is 0. The van der Waals surface area contributed by atoms with E-state index in [4.69, 9.17) is 0 Å². The summed E-state index contributed by atoms with van der Waals surface area (Å²) < 4.78 is 0. The lowest BCUT2D eigenvalue weighted by molar-refractivity contribution is 0.00233. The van der Waals surface area contributed by atoms with Gasteiger partial charge in [0.1, 0.15) is 0 Å². The molecule has 1 aliphatic rings. The Kier molecular flexibility index (Phi) is 2.80. The van der Waals surface area contributed by atoms with Crippen molar-refractivity contribution in [3.05, 3.63) is 11.4 Å². The van der Waals surface area contributed by atoms with Crippen molar-refractivity contribution in [3.63, 3.8) is 0 Å². The SMILES string of the molecule is CCCC1(O)CN(c2nnc(C)c(C)n2)C1. The van der Waals surface area contributed by atoms with E-state index in [1.807, 2.05) is 18.7 Å². The van der Waals surface area contributed by atoms with Crippen molar-refractivity contribution in [1.82, 2.24) is 15.2 Å². The highest BCUT2D eigenvalue weighted by molar-refractivity contribution is 5.37. The molecule has 0 bridgehead atoms. The monoisotopic (exact) mass is 222 g/mol. The maximum Gasteiger partial charge on any atom is 0.245 e. The lowest BCUT2D eigenvalue weighted by atomic mass is 9.90. The third kappa shape index (κ3) is 2.00. The van der Waals surface area contributed by atoms with Crippen LogP contribution in [0.25, 0.3) is 0 Å². The lowest BCUT2D eigenvalue weighted by Crippen LogP contribution is -2.62. The molecule has 0 aliphatic carbocycles. The van der Waals surface area contributed by atoms with E-state index in [1.54, 1.807) is 0 Å². The molecule has 1 fully saturated rings. The summed E-state index contributed by atoms with van der Waals surface area (Å²) in [5.74, 6) is 0.629. The summed E-state index contributed by atoms with van der Waals surface area (Å²) in [5.41, 5.74) is 1.21. The van der Waals surface area contributed by atoms with Gasteiger partial charge in [0.25, 0.3) is 0 Å². The van der Waals surface area contributed by atoms with Crippen molar-refractivity contribution < 1.29 is 5.11 Å². The third-order valence-corrected chi connectivity index (χ3v) is 3.05. The molecule has 0 unspecified atom stereocenters. The summed E-state index contributed by atoms with van der Waals surface area (Å²) in [6, 6.07) is 0. The Morgan fingerprint density at radius 2 is 1.94 bits per heavy atom. The van der Waals surface area contributed by atoms with Gasteiger partial charge in [0.2, 0.25) is 5.95 Å². The molecular formula is C11H18N4O. The summed E-state index contributed by atoms with van der Waals surface area (Å²) in [6.07, 6.45) is 1.83. The van der Waals surface area contributed by atoms with E-state index in [9.17, 15) is 5.11 Å². The van der Waals surface area contributed by atoms with Crippen LogP contribution < -0.4 is 4.90 Å². The highest BCUT2D eigenvalue weighted by atomic mass is 16.3. The molecule has 1 aromatic heterocycles. The van der Waals surface area contributed by atoms with E-state index in [2.05, 4.69) is 22.1 Å². The van der Waals surface area contributed by atoms with Crippen molar-refractivity contribution in [2.45, 2.75) is 39.2 Å². The fraction of sp³-hybridized carbons (Fsp3) is 0.727. The van der Waals surface area contributed by atoms with E-state index >= 15 is 0 Å². The Hall–Kier alpha value is -1.23. The van der Waals surface area contributed by atoms with Crippen molar-refractivity contribution in [2.24, 2.45) is 0 Å². The second kappa shape index (κ2) is 3.97. The van der Waals surface area contributed by atoms with Crippen LogP contribution in [-0.4, -0.2) is 39.0 Å². The van der Waals surface area contributed by atoms with E-state index in [-0.39, 0.29) is 0 Å². The van der Waals surface area contributed by atoms with Crippen LogP contribution in [0.4, 0.5) is 5.95 Å². The quantitative estimate of drug-likeness (QED) is 0.821. The lowest BCUT2D eigenvalue weighted by Gasteiger charge is -2.46. The summed E-state index contributed by atoms with van der Waals surface area (Å²) in [4.78, 5) is 6.33. The summed E-state index contributed by atoms with van der Waals surface area (Å²) in [6.45, 7) is 7.12. The normalized spacial score (nSPS) is 18.4. The van der Waals surface area contributed by atoms with Gasteiger partial charge >= 0.3 is 0 Å². The molecule has 0 atom stereocenters. The number of aliphatic hydroxyl groups is 1. The maximum atomic E-state index is 10.0. The van der Waals surface area contributed by atoms with Gasteiger partial charge in [-0.15, -0.1) is 5.10 Å². The maximum absolute atomic E-state index is 10.0. The van der Waals surface area contributed by atoms with Crippen LogP contribution in [-0.2, 0) is 0 Å². The Morgan fingerprint density at radius 1 is 1.25 bits per heavy atom. The molecule has 0 saturated carbocycles. The van der Waals surface area contributed by atoms with Crippen LogP contribution in [0.15, 0.2) is 0 Å². The molecule has 2 heterocycles. The van der Waals surface area contributed by atoms with Gasteiger partial charge in [-0.05, 0) is 20.3 Å². The predicted molar refractivity (Wildman–Crippen MR) is 61.4 cm³/mol. The second-order valence-electron chi connectivity index (χ2n) is 4.61. The highest BCUT2D eigenvalue weighted by Crippen LogP contribution is 2.28. The molecule has 2 rings (SSSR count). The van der Waals surface area contributed by atoms with E-state index in [1.165, 1.54) is 0 Å². The minimum Gasteiger partial charge on any atom is -0.386 e. The second-order valence-corrected chi connectivity index (χ2v) is 4.61. The largest absolute Gasteiger partial charge is 0.386 e. The van der Waals surface area contributed by atoms with Gasteiger partial charge in [-0.25, -0.2) is 4.98 Å². The number of β-amino-alcohol motifs (C(OH)–C–C–N with tert-alkyl or cyclic N) is 1. The number of hydrogen-bond donors (Lipinski definition) is 1. The molecular weight excluding hydrogens is 204 g/mol. The minimum atomic E-state index is -0.545. The van der Waals surface area contributed by atoms with Crippen LogP contribution in [0.3, 0.4) is 0 Å². The molecule has 5 nitrogen and oxygen atoms in total. The fourth-order valence-electron chi connectivity index (χ4n) is 2.01. The molecule has 88 valence electrons. The molecule has 1 saturated heterocycles. The van der Waals surface area contributed by atoms with Gasteiger partial charge in [0, 0.05) is 0 Å². The molecule has 1 aromatic rings. The Balaban J connectivity index is 2.04. The fourth-order valence-corrected chi connectivity index (χ4v) is 2.01. The first-order chi connectivity index (χ1) is 7.54. The van der Waals surface area contributed by atoms with Gasteiger partial charge in [0.05, 0.1) is 30.1 Å². The molecule has 0 radical (unpaired) electrons. The van der Waals surface area contributed by atoms with E-state index in [0.29, 0.717) is 19.0 Å². The van der Waals surface area contributed by atoms with Gasteiger partial charge in [0.15, 0.2) is 0 Å². The molecule has 5 heteroatoms. The molecule has 0 aromatic carbocycles. The first-order valence-corrected chi connectivity index (χ1v) is 5.69. The van der Waals surface area contributed by atoms with E-state index < -0.39 is 5.60 Å². The number of anilines is 1. The van der Waals surface area contributed by atoms with Crippen LogP contribution in [0.1, 0.15) is 31.2 Å². The highest BCUT2D eigenvalue weighted by Gasteiger charge is 2.41. The van der Waals surface area contributed by atoms with Gasteiger partial charge in [-0.3, -0.25) is 0 Å². The van der Waals surface area contributed by atoms with Crippen molar-refractivity contribution in [3.8, 4) is 0 Å². The average molecular weight is 222 g/mol. The zero-order valence-corrected chi connectivity index (χ0v) is 10.1. The van der Waals surface area contributed by atoms with E-state index in [0.717, 1.165) is 24.2 Å². The summed E-state index contributed by atoms with van der Waals surface area (Å²) in [5, 5.41) is 18.1. The van der Waals surface area contributed by atoms with Crippen LogP contribution in [0, 0.1) is 13.8 Å². The van der Waals surface area contributed by atoms with Gasteiger partial charge < -0.3 is 10.0 Å². The molecule has 16 heavy (non-hydrogen) atoms. The first-order valence-electron chi connectivity index (χ1n) is 5.69. The Labute approximate surface area is 95.5 Å². The third-order valence-electron chi connectivity index (χ3n) is 3.05. The van der Waals surface area contributed by atoms with Crippen molar-refractivity contribution in [2.75, 3.05) is 18.0 Å². The minimum absolute atomic E-state index is 0.545. The van der Waals surface area contributed by atoms with Crippen molar-refractivity contribution >= 4 is 5.95 Å².